The fourth-order valence-electron chi connectivity index (χ4n) is 3.63. The summed E-state index contributed by atoms with van der Waals surface area (Å²) in [4.78, 5) is 39.6. The molecule has 7 nitrogen and oxygen atoms in total. The van der Waals surface area contributed by atoms with Crippen LogP contribution < -0.4 is 10.2 Å². The van der Waals surface area contributed by atoms with Crippen molar-refractivity contribution in [3.05, 3.63) is 41.0 Å². The Morgan fingerprint density at radius 3 is 2.50 bits per heavy atom. The Morgan fingerprint density at radius 2 is 1.87 bits per heavy atom. The topological polar surface area (TPSA) is 78.4 Å². The molecule has 9 heteroatoms. The Morgan fingerprint density at radius 1 is 1.17 bits per heavy atom. The zero-order valence-corrected chi connectivity index (χ0v) is 18.8. The summed E-state index contributed by atoms with van der Waals surface area (Å²) in [7, 11) is 0. The normalized spacial score (nSPS) is 14.8. The second-order valence-corrected chi connectivity index (χ2v) is 9.26. The molecule has 4 heterocycles. The van der Waals surface area contributed by atoms with Crippen molar-refractivity contribution < 1.29 is 9.59 Å². The molecule has 158 valence electrons. The van der Waals surface area contributed by atoms with Crippen LogP contribution >= 0.6 is 22.7 Å². The zero-order chi connectivity index (χ0) is 21.1. The molecule has 4 rings (SSSR count). The van der Waals surface area contributed by atoms with Crippen LogP contribution in [0.5, 0.6) is 0 Å². The molecule has 0 aliphatic carbocycles. The summed E-state index contributed by atoms with van der Waals surface area (Å²) in [5, 5.41) is 4.15. The molecular weight excluding hydrogens is 418 g/mol. The van der Waals surface area contributed by atoms with E-state index in [2.05, 4.69) is 29.0 Å². The monoisotopic (exact) mass is 443 g/mol. The van der Waals surface area contributed by atoms with E-state index in [1.165, 1.54) is 11.3 Å². The third-order valence-electron chi connectivity index (χ3n) is 5.38. The number of nitrogens with one attached hydrogen (secondary N) is 1. The van der Waals surface area contributed by atoms with Gasteiger partial charge in [-0.25, -0.2) is 4.98 Å². The van der Waals surface area contributed by atoms with E-state index in [1.54, 1.807) is 35.9 Å². The number of fused-ring (bicyclic) bond motifs is 1. The number of thiazole rings is 1. The summed E-state index contributed by atoms with van der Waals surface area (Å²) in [5.41, 5.74) is 0.655. The molecule has 1 fully saturated rings. The number of anilines is 1. The molecule has 2 amide bonds. The van der Waals surface area contributed by atoms with Gasteiger partial charge in [-0.1, -0.05) is 11.3 Å². The number of amides is 2. The second-order valence-electron chi connectivity index (χ2n) is 7.22. The highest BCUT2D eigenvalue weighted by Crippen LogP contribution is 2.34. The SMILES string of the molecule is CCN(CC)c1nc2sc(C(=O)NC3CCN(C(=O)c4ccncc4)CC3)cc2s1. The highest BCUT2D eigenvalue weighted by Gasteiger charge is 2.25. The van der Waals surface area contributed by atoms with Gasteiger partial charge in [-0.2, -0.15) is 0 Å². The molecular formula is C21H25N5O2S2. The van der Waals surface area contributed by atoms with Gasteiger partial charge < -0.3 is 15.1 Å². The summed E-state index contributed by atoms with van der Waals surface area (Å²) >= 11 is 3.08. The molecule has 0 atom stereocenters. The first-order valence-corrected chi connectivity index (χ1v) is 11.9. The largest absolute Gasteiger partial charge is 0.349 e. The van der Waals surface area contributed by atoms with Crippen molar-refractivity contribution in [2.45, 2.75) is 32.7 Å². The van der Waals surface area contributed by atoms with E-state index in [-0.39, 0.29) is 17.9 Å². The van der Waals surface area contributed by atoms with Gasteiger partial charge in [0.15, 0.2) is 5.13 Å². The van der Waals surface area contributed by atoms with Crippen molar-refractivity contribution in [1.29, 1.82) is 0 Å². The summed E-state index contributed by atoms with van der Waals surface area (Å²) < 4.78 is 1.06. The molecule has 3 aromatic rings. The van der Waals surface area contributed by atoms with Crippen LogP contribution in [0.4, 0.5) is 5.13 Å². The molecule has 1 aliphatic rings. The number of likely N-dealkylation sites (tertiary alicyclic amines) is 1. The highest BCUT2D eigenvalue weighted by atomic mass is 32.1. The minimum atomic E-state index is -0.0477. The van der Waals surface area contributed by atoms with Gasteiger partial charge in [-0.15, -0.1) is 11.3 Å². The molecule has 30 heavy (non-hydrogen) atoms. The van der Waals surface area contributed by atoms with Crippen LogP contribution in [-0.2, 0) is 0 Å². The van der Waals surface area contributed by atoms with Gasteiger partial charge in [0.1, 0.15) is 4.83 Å². The number of aromatic nitrogens is 2. The minimum Gasteiger partial charge on any atom is -0.349 e. The average Bonchev–Trinajstić information content (AvgIpc) is 3.35. The van der Waals surface area contributed by atoms with E-state index < -0.39 is 0 Å². The van der Waals surface area contributed by atoms with Crippen LogP contribution in [0.2, 0.25) is 0 Å². The molecule has 1 saturated heterocycles. The van der Waals surface area contributed by atoms with E-state index in [0.29, 0.717) is 23.5 Å². The number of hydrogen-bond donors (Lipinski definition) is 1. The minimum absolute atomic E-state index is 0.0238. The van der Waals surface area contributed by atoms with E-state index in [9.17, 15) is 9.59 Å². The van der Waals surface area contributed by atoms with Gasteiger partial charge in [0.05, 0.1) is 9.58 Å². The van der Waals surface area contributed by atoms with Gasteiger partial charge in [-0.3, -0.25) is 14.6 Å². The predicted molar refractivity (Wildman–Crippen MR) is 122 cm³/mol. The molecule has 1 N–H and O–H groups in total. The fraction of sp³-hybridized carbons (Fsp3) is 0.429. The van der Waals surface area contributed by atoms with Crippen LogP contribution in [0.3, 0.4) is 0 Å². The summed E-state index contributed by atoms with van der Waals surface area (Å²) in [6.45, 7) is 7.36. The van der Waals surface area contributed by atoms with Gasteiger partial charge in [0.2, 0.25) is 0 Å². The standard InChI is InChI=1S/C21H25N5O2S2/c1-3-25(4-2)21-24-19-17(30-21)13-16(29-19)18(27)23-15-7-11-26(12-8-15)20(28)14-5-9-22-10-6-14/h5-6,9-10,13,15H,3-4,7-8,11-12H2,1-2H3,(H,23,27). The van der Waals surface area contributed by atoms with Crippen molar-refractivity contribution in [1.82, 2.24) is 20.2 Å². The summed E-state index contributed by atoms with van der Waals surface area (Å²) in [5.74, 6) is -0.0238. The number of thiophene rings is 1. The van der Waals surface area contributed by atoms with Gasteiger partial charge in [-0.05, 0) is 44.9 Å². The number of pyridine rings is 1. The smallest absolute Gasteiger partial charge is 0.261 e. The van der Waals surface area contributed by atoms with E-state index >= 15 is 0 Å². The molecule has 0 spiro atoms. The Bertz CT molecular complexity index is 989. The predicted octanol–water partition coefficient (Wildman–Crippen LogP) is 3.63. The maximum atomic E-state index is 12.7. The van der Waals surface area contributed by atoms with Gasteiger partial charge in [0.25, 0.3) is 11.8 Å². The number of hydrogen-bond acceptors (Lipinski definition) is 7. The van der Waals surface area contributed by atoms with E-state index in [0.717, 1.165) is 40.6 Å². The van der Waals surface area contributed by atoms with Gasteiger partial charge >= 0.3 is 0 Å². The van der Waals surface area contributed by atoms with Crippen molar-refractivity contribution in [3.63, 3.8) is 0 Å². The van der Waals surface area contributed by atoms with Crippen LogP contribution in [-0.4, -0.2) is 58.9 Å². The number of carbonyl (C=O) groups is 2. The molecule has 0 bridgehead atoms. The Hall–Kier alpha value is -2.52. The zero-order valence-electron chi connectivity index (χ0n) is 17.1. The maximum Gasteiger partial charge on any atom is 0.261 e. The second kappa shape index (κ2) is 9.09. The lowest BCUT2D eigenvalue weighted by atomic mass is 10.0. The maximum absolute atomic E-state index is 12.7. The lowest BCUT2D eigenvalue weighted by Crippen LogP contribution is -2.46. The van der Waals surface area contributed by atoms with Crippen molar-refractivity contribution in [2.24, 2.45) is 0 Å². The van der Waals surface area contributed by atoms with Crippen LogP contribution in [0.25, 0.3) is 9.53 Å². The molecule has 0 saturated carbocycles. The first-order chi connectivity index (χ1) is 14.6. The van der Waals surface area contributed by atoms with Crippen molar-refractivity contribution in [2.75, 3.05) is 31.1 Å². The summed E-state index contributed by atoms with van der Waals surface area (Å²) in [6.07, 6.45) is 4.77. The highest BCUT2D eigenvalue weighted by molar-refractivity contribution is 7.29. The van der Waals surface area contributed by atoms with E-state index in [1.807, 2.05) is 11.0 Å². The first-order valence-electron chi connectivity index (χ1n) is 10.2. The molecule has 0 aromatic carbocycles. The third-order valence-corrected chi connectivity index (χ3v) is 7.60. The average molecular weight is 444 g/mol. The molecule has 1 aliphatic heterocycles. The quantitative estimate of drug-likeness (QED) is 0.629. The lowest BCUT2D eigenvalue weighted by molar-refractivity contribution is 0.0698. The van der Waals surface area contributed by atoms with Gasteiger partial charge in [0, 0.05) is 50.2 Å². The fourth-order valence-corrected chi connectivity index (χ4v) is 5.87. The lowest BCUT2D eigenvalue weighted by Gasteiger charge is -2.32. The van der Waals surface area contributed by atoms with Crippen molar-refractivity contribution in [3.8, 4) is 0 Å². The first kappa shape index (κ1) is 20.7. The number of carbonyl (C=O) groups excluding carboxylic acids is 2. The number of nitrogens with zero attached hydrogens (tertiary/aromatic N) is 4. The van der Waals surface area contributed by atoms with Crippen LogP contribution in [0.15, 0.2) is 30.6 Å². The van der Waals surface area contributed by atoms with Crippen LogP contribution in [0.1, 0.15) is 46.7 Å². The van der Waals surface area contributed by atoms with Crippen LogP contribution in [0, 0.1) is 0 Å². The van der Waals surface area contributed by atoms with E-state index in [4.69, 9.17) is 4.98 Å². The number of rotatable bonds is 6. The number of piperidine rings is 1. The molecule has 0 unspecified atom stereocenters. The Balaban J connectivity index is 1.33. The Kier molecular flexibility index (Phi) is 6.29. The molecule has 3 aromatic heterocycles. The molecule has 0 radical (unpaired) electrons. The third kappa shape index (κ3) is 4.32. The van der Waals surface area contributed by atoms with Crippen molar-refractivity contribution >= 4 is 49.1 Å². The Labute approximate surface area is 183 Å². The summed E-state index contributed by atoms with van der Waals surface area (Å²) in [6, 6.07) is 5.50.